The van der Waals surface area contributed by atoms with Crippen molar-refractivity contribution >= 4 is 29.3 Å². The molecule has 242 valence electrons. The van der Waals surface area contributed by atoms with Crippen LogP contribution in [-0.4, -0.2) is 113 Å². The Bertz CT molecular complexity index is 1060. The summed E-state index contributed by atoms with van der Waals surface area (Å²) in [4.78, 5) is 17.5. The molecule has 0 atom stereocenters. The number of carbonyl (C=O) groups is 1. The number of allylic oxidation sites excluding steroid dienone is 2. The first-order valence-electron chi connectivity index (χ1n) is 15.4. The number of ether oxygens (including phenoxy) is 6. The number of methoxy groups -OCH3 is 2. The van der Waals surface area contributed by atoms with E-state index in [9.17, 15) is 4.79 Å². The van der Waals surface area contributed by atoms with Crippen LogP contribution in [0.15, 0.2) is 59.7 Å². The third kappa shape index (κ3) is 12.9. The van der Waals surface area contributed by atoms with Gasteiger partial charge in [-0.1, -0.05) is 24.3 Å². The van der Waals surface area contributed by atoms with Crippen molar-refractivity contribution in [2.75, 3.05) is 117 Å². The van der Waals surface area contributed by atoms with Gasteiger partial charge in [-0.05, 0) is 60.4 Å². The number of benzene rings is 2. The van der Waals surface area contributed by atoms with Gasteiger partial charge in [-0.15, -0.1) is 0 Å². The second-order valence-electron chi connectivity index (χ2n) is 10.6. The molecule has 2 aromatic carbocycles. The molecule has 0 saturated heterocycles. The summed E-state index contributed by atoms with van der Waals surface area (Å²) in [6, 6.07) is 16.6. The van der Waals surface area contributed by atoms with E-state index in [1.807, 2.05) is 26.2 Å². The molecule has 9 heteroatoms. The molecule has 0 unspecified atom stereocenters. The van der Waals surface area contributed by atoms with Crippen molar-refractivity contribution < 1.29 is 33.2 Å². The van der Waals surface area contributed by atoms with E-state index >= 15 is 0 Å². The SMILES string of the molecule is COCCOCCOCCN(C)c1ccc(/C=C2/CC/C(=C/c3ccc(N(C)CCOCCOCCOC)cc3)C2=O)cc1. The van der Waals surface area contributed by atoms with Gasteiger partial charge < -0.3 is 38.2 Å². The van der Waals surface area contributed by atoms with Gasteiger partial charge >= 0.3 is 0 Å². The highest BCUT2D eigenvalue weighted by Crippen LogP contribution is 2.30. The number of Topliss-reactive ketones (excluding diaryl/α,β-unsaturated/α-hetero) is 1. The lowest BCUT2D eigenvalue weighted by atomic mass is 10.1. The van der Waals surface area contributed by atoms with Crippen molar-refractivity contribution in [3.63, 3.8) is 0 Å². The van der Waals surface area contributed by atoms with Crippen LogP contribution in [0.4, 0.5) is 11.4 Å². The Hall–Kier alpha value is -3.05. The van der Waals surface area contributed by atoms with Crippen LogP contribution >= 0.6 is 0 Å². The highest BCUT2D eigenvalue weighted by molar-refractivity contribution is 6.15. The van der Waals surface area contributed by atoms with Gasteiger partial charge in [0, 0.05) is 63.9 Å². The summed E-state index contributed by atoms with van der Waals surface area (Å²) in [6.45, 7) is 7.46. The number of nitrogens with zero attached hydrogens (tertiary/aromatic N) is 2. The predicted molar refractivity (Wildman–Crippen MR) is 177 cm³/mol. The Balaban J connectivity index is 1.41. The van der Waals surface area contributed by atoms with E-state index in [2.05, 4.69) is 58.3 Å². The minimum atomic E-state index is 0.138. The van der Waals surface area contributed by atoms with Gasteiger partial charge in [-0.25, -0.2) is 0 Å². The van der Waals surface area contributed by atoms with Gasteiger partial charge in [-0.2, -0.15) is 0 Å². The van der Waals surface area contributed by atoms with Gasteiger partial charge in [0.05, 0.1) is 66.1 Å². The van der Waals surface area contributed by atoms with Gasteiger partial charge in [0.1, 0.15) is 0 Å². The molecule has 1 aliphatic rings. The fourth-order valence-corrected chi connectivity index (χ4v) is 4.62. The number of ketones is 1. The summed E-state index contributed by atoms with van der Waals surface area (Å²) in [7, 11) is 7.42. The van der Waals surface area contributed by atoms with Crippen molar-refractivity contribution in [1.82, 2.24) is 0 Å². The quantitative estimate of drug-likeness (QED) is 0.139. The Kier molecular flexibility index (Phi) is 16.8. The van der Waals surface area contributed by atoms with Gasteiger partial charge in [0.25, 0.3) is 0 Å². The van der Waals surface area contributed by atoms with E-state index in [0.717, 1.165) is 59.6 Å². The molecule has 0 aromatic heterocycles. The highest BCUT2D eigenvalue weighted by atomic mass is 16.5. The molecule has 0 amide bonds. The van der Waals surface area contributed by atoms with Crippen molar-refractivity contribution in [2.45, 2.75) is 12.8 Å². The summed E-state index contributed by atoms with van der Waals surface area (Å²) < 4.78 is 32.0. The zero-order valence-electron chi connectivity index (χ0n) is 26.9. The molecule has 0 spiro atoms. The lowest BCUT2D eigenvalue weighted by Gasteiger charge is -2.19. The molecule has 0 heterocycles. The first-order chi connectivity index (χ1) is 21.5. The summed E-state index contributed by atoms with van der Waals surface area (Å²) in [5.74, 6) is 0.138. The smallest absolute Gasteiger partial charge is 0.185 e. The van der Waals surface area contributed by atoms with Crippen LogP contribution in [-0.2, 0) is 33.2 Å². The molecule has 1 fully saturated rings. The zero-order chi connectivity index (χ0) is 31.4. The largest absolute Gasteiger partial charge is 0.382 e. The second kappa shape index (κ2) is 20.8. The summed E-state index contributed by atoms with van der Waals surface area (Å²) in [5, 5.41) is 0. The average molecular weight is 611 g/mol. The van der Waals surface area contributed by atoms with Crippen molar-refractivity contribution in [2.24, 2.45) is 0 Å². The maximum absolute atomic E-state index is 13.1. The Labute approximate surface area is 263 Å². The molecular weight excluding hydrogens is 560 g/mol. The van der Waals surface area contributed by atoms with Gasteiger partial charge in [0.15, 0.2) is 5.78 Å². The van der Waals surface area contributed by atoms with E-state index in [-0.39, 0.29) is 5.78 Å². The van der Waals surface area contributed by atoms with E-state index in [1.165, 1.54) is 0 Å². The molecule has 3 rings (SSSR count). The molecule has 0 aliphatic heterocycles. The van der Waals surface area contributed by atoms with Crippen molar-refractivity contribution in [3.8, 4) is 0 Å². The number of hydrogen-bond acceptors (Lipinski definition) is 9. The number of rotatable bonds is 22. The first-order valence-corrected chi connectivity index (χ1v) is 15.4. The molecule has 0 bridgehead atoms. The normalized spacial score (nSPS) is 15.0. The fraction of sp³-hybridized carbons (Fsp3) is 0.514. The van der Waals surface area contributed by atoms with Crippen molar-refractivity contribution in [3.05, 3.63) is 70.8 Å². The van der Waals surface area contributed by atoms with Crippen LogP contribution in [0.5, 0.6) is 0 Å². The molecule has 0 N–H and O–H groups in total. The maximum atomic E-state index is 13.1. The third-order valence-corrected chi connectivity index (χ3v) is 7.35. The lowest BCUT2D eigenvalue weighted by molar-refractivity contribution is -0.111. The minimum Gasteiger partial charge on any atom is -0.382 e. The predicted octanol–water partition coefficient (Wildman–Crippen LogP) is 4.75. The van der Waals surface area contributed by atoms with Crippen LogP contribution in [0.1, 0.15) is 24.0 Å². The monoisotopic (exact) mass is 610 g/mol. The van der Waals surface area contributed by atoms with Crippen LogP contribution in [0.25, 0.3) is 12.2 Å². The summed E-state index contributed by atoms with van der Waals surface area (Å²) in [5.41, 5.74) is 6.00. The lowest BCUT2D eigenvalue weighted by Crippen LogP contribution is -2.23. The molecule has 1 aliphatic carbocycles. The highest BCUT2D eigenvalue weighted by Gasteiger charge is 2.23. The second-order valence-corrected chi connectivity index (χ2v) is 10.6. The third-order valence-electron chi connectivity index (χ3n) is 7.35. The summed E-state index contributed by atoms with van der Waals surface area (Å²) in [6.07, 6.45) is 5.56. The van der Waals surface area contributed by atoms with Gasteiger partial charge in [0.2, 0.25) is 0 Å². The van der Waals surface area contributed by atoms with E-state index in [1.54, 1.807) is 14.2 Å². The molecule has 2 aromatic rings. The Morgan fingerprint density at radius 3 is 1.25 bits per heavy atom. The number of carbonyl (C=O) groups excluding carboxylic acids is 1. The molecule has 9 nitrogen and oxygen atoms in total. The van der Waals surface area contributed by atoms with Crippen LogP contribution in [0.3, 0.4) is 0 Å². The van der Waals surface area contributed by atoms with Crippen molar-refractivity contribution in [1.29, 1.82) is 0 Å². The van der Waals surface area contributed by atoms with E-state index in [0.29, 0.717) is 66.1 Å². The molecule has 44 heavy (non-hydrogen) atoms. The Morgan fingerprint density at radius 2 is 0.886 bits per heavy atom. The van der Waals surface area contributed by atoms with Crippen LogP contribution in [0.2, 0.25) is 0 Å². The molecular formula is C35H50N2O7. The Morgan fingerprint density at radius 1 is 0.545 bits per heavy atom. The fourth-order valence-electron chi connectivity index (χ4n) is 4.62. The number of anilines is 2. The van der Waals surface area contributed by atoms with Crippen LogP contribution < -0.4 is 9.80 Å². The maximum Gasteiger partial charge on any atom is 0.185 e. The topological polar surface area (TPSA) is 78.9 Å². The molecule has 0 radical (unpaired) electrons. The summed E-state index contributed by atoms with van der Waals surface area (Å²) >= 11 is 0. The number of hydrogen-bond donors (Lipinski definition) is 0. The first kappa shape index (κ1) is 35.4. The number of likely N-dealkylation sites (N-methyl/N-ethyl adjacent to an activating group) is 2. The average Bonchev–Trinajstić information content (AvgIpc) is 3.38. The van der Waals surface area contributed by atoms with E-state index < -0.39 is 0 Å². The zero-order valence-corrected chi connectivity index (χ0v) is 26.9. The standard InChI is InChI=1S/C35H50N2O7/c1-36(15-17-41-23-25-43-21-19-39-3)33-11-5-29(6-12-33)27-31-9-10-32(35(31)38)28-30-7-13-34(14-8-30)37(2)16-18-42-24-26-44-22-20-40-4/h5-8,11-14,27-28H,9-10,15-26H2,1-4H3/b31-27-,32-28-. The van der Waals surface area contributed by atoms with Gasteiger partial charge in [-0.3, -0.25) is 4.79 Å². The minimum absolute atomic E-state index is 0.138. The van der Waals surface area contributed by atoms with Crippen LogP contribution in [0, 0.1) is 0 Å². The molecule has 1 saturated carbocycles. The van der Waals surface area contributed by atoms with E-state index in [4.69, 9.17) is 28.4 Å².